The van der Waals surface area contributed by atoms with Gasteiger partial charge in [-0.25, -0.2) is 0 Å². The van der Waals surface area contributed by atoms with Gasteiger partial charge in [0.15, 0.2) is 0 Å². The minimum Gasteiger partial charge on any atom is -0.325 e. The Labute approximate surface area is 128 Å². The normalized spacial score (nSPS) is 10.3. The Kier molecular flexibility index (Phi) is 5.50. The SMILES string of the molecule is Cc1ccc(NC(=O)CSCc2ccccc2)cc1Cl. The molecule has 1 N–H and O–H groups in total. The Bertz CT molecular complexity index is 586. The first-order valence-electron chi connectivity index (χ1n) is 6.33. The van der Waals surface area contributed by atoms with E-state index in [1.165, 1.54) is 5.56 Å². The molecule has 2 aromatic carbocycles. The van der Waals surface area contributed by atoms with E-state index >= 15 is 0 Å². The van der Waals surface area contributed by atoms with Crippen molar-refractivity contribution in [2.45, 2.75) is 12.7 Å². The van der Waals surface area contributed by atoms with Gasteiger partial charge in [0.05, 0.1) is 5.75 Å². The number of amides is 1. The standard InChI is InChI=1S/C16H16ClNOS/c1-12-7-8-14(9-15(12)17)18-16(19)11-20-10-13-5-3-2-4-6-13/h2-9H,10-11H2,1H3,(H,18,19). The number of carbonyl (C=O) groups is 1. The number of thioether (sulfide) groups is 1. The summed E-state index contributed by atoms with van der Waals surface area (Å²) in [5.74, 6) is 1.26. The van der Waals surface area contributed by atoms with Gasteiger partial charge in [-0.15, -0.1) is 11.8 Å². The highest BCUT2D eigenvalue weighted by Gasteiger charge is 2.04. The minimum absolute atomic E-state index is 0.00847. The summed E-state index contributed by atoms with van der Waals surface area (Å²) in [6.07, 6.45) is 0. The van der Waals surface area contributed by atoms with Gasteiger partial charge in [0, 0.05) is 16.5 Å². The van der Waals surface area contributed by atoms with E-state index in [2.05, 4.69) is 17.4 Å². The fraction of sp³-hybridized carbons (Fsp3) is 0.188. The van der Waals surface area contributed by atoms with E-state index in [0.717, 1.165) is 17.0 Å². The zero-order valence-corrected chi connectivity index (χ0v) is 12.8. The second-order valence-corrected chi connectivity index (χ2v) is 5.88. The molecule has 0 spiro atoms. The summed E-state index contributed by atoms with van der Waals surface area (Å²) in [6.45, 7) is 1.93. The number of hydrogen-bond donors (Lipinski definition) is 1. The van der Waals surface area contributed by atoms with Crippen molar-refractivity contribution in [3.05, 3.63) is 64.7 Å². The van der Waals surface area contributed by atoms with E-state index in [0.29, 0.717) is 10.8 Å². The van der Waals surface area contributed by atoms with Crippen molar-refractivity contribution in [2.24, 2.45) is 0 Å². The minimum atomic E-state index is -0.00847. The summed E-state index contributed by atoms with van der Waals surface area (Å²) < 4.78 is 0. The maximum atomic E-state index is 11.8. The number of halogens is 1. The predicted octanol–water partition coefficient (Wildman–Crippen LogP) is 4.52. The molecule has 0 radical (unpaired) electrons. The van der Waals surface area contributed by atoms with Crippen LogP contribution >= 0.6 is 23.4 Å². The lowest BCUT2D eigenvalue weighted by molar-refractivity contribution is -0.113. The molecule has 0 heterocycles. The Morgan fingerprint density at radius 1 is 1.20 bits per heavy atom. The molecular weight excluding hydrogens is 290 g/mol. The Morgan fingerprint density at radius 2 is 1.95 bits per heavy atom. The number of anilines is 1. The van der Waals surface area contributed by atoms with E-state index in [1.807, 2.05) is 37.3 Å². The quantitative estimate of drug-likeness (QED) is 0.880. The van der Waals surface area contributed by atoms with Crippen molar-refractivity contribution >= 4 is 35.0 Å². The smallest absolute Gasteiger partial charge is 0.234 e. The summed E-state index contributed by atoms with van der Waals surface area (Å²) >= 11 is 7.62. The van der Waals surface area contributed by atoms with Gasteiger partial charge in [0.2, 0.25) is 5.91 Å². The van der Waals surface area contributed by atoms with Crippen LogP contribution in [0.4, 0.5) is 5.69 Å². The van der Waals surface area contributed by atoms with Crippen LogP contribution in [0.2, 0.25) is 5.02 Å². The molecule has 0 aliphatic rings. The molecule has 0 saturated carbocycles. The maximum Gasteiger partial charge on any atom is 0.234 e. The van der Waals surface area contributed by atoms with Crippen LogP contribution in [0, 0.1) is 6.92 Å². The van der Waals surface area contributed by atoms with Crippen LogP contribution in [0.3, 0.4) is 0 Å². The average molecular weight is 306 g/mol. The molecule has 0 fully saturated rings. The number of aryl methyl sites for hydroxylation is 1. The van der Waals surface area contributed by atoms with Crippen LogP contribution in [0.1, 0.15) is 11.1 Å². The monoisotopic (exact) mass is 305 g/mol. The second-order valence-electron chi connectivity index (χ2n) is 4.49. The van der Waals surface area contributed by atoms with Crippen LogP contribution in [-0.4, -0.2) is 11.7 Å². The van der Waals surface area contributed by atoms with Crippen LogP contribution in [-0.2, 0) is 10.5 Å². The molecule has 2 nitrogen and oxygen atoms in total. The molecule has 0 bridgehead atoms. The van der Waals surface area contributed by atoms with Crippen LogP contribution in [0.25, 0.3) is 0 Å². The predicted molar refractivity (Wildman–Crippen MR) is 87.4 cm³/mol. The third kappa shape index (κ3) is 4.58. The molecule has 1 amide bonds. The fourth-order valence-electron chi connectivity index (χ4n) is 1.70. The number of carbonyl (C=O) groups excluding carboxylic acids is 1. The lowest BCUT2D eigenvalue weighted by Crippen LogP contribution is -2.14. The van der Waals surface area contributed by atoms with Gasteiger partial charge in [-0.2, -0.15) is 0 Å². The molecule has 0 aliphatic carbocycles. The molecule has 4 heteroatoms. The molecule has 20 heavy (non-hydrogen) atoms. The Morgan fingerprint density at radius 3 is 2.65 bits per heavy atom. The molecule has 0 aromatic heterocycles. The zero-order chi connectivity index (χ0) is 14.4. The summed E-state index contributed by atoms with van der Waals surface area (Å²) in [7, 11) is 0. The summed E-state index contributed by atoms with van der Waals surface area (Å²) in [4.78, 5) is 11.8. The summed E-state index contributed by atoms with van der Waals surface area (Å²) in [5, 5.41) is 3.52. The third-order valence-electron chi connectivity index (χ3n) is 2.80. The summed E-state index contributed by atoms with van der Waals surface area (Å²) in [5.41, 5.74) is 2.97. The first kappa shape index (κ1) is 14.9. The highest BCUT2D eigenvalue weighted by Crippen LogP contribution is 2.20. The van der Waals surface area contributed by atoms with Crippen molar-refractivity contribution in [1.82, 2.24) is 0 Å². The van der Waals surface area contributed by atoms with Crippen molar-refractivity contribution < 1.29 is 4.79 Å². The average Bonchev–Trinajstić information content (AvgIpc) is 2.44. The maximum absolute atomic E-state index is 11.8. The van der Waals surface area contributed by atoms with Gasteiger partial charge >= 0.3 is 0 Å². The van der Waals surface area contributed by atoms with Crippen LogP contribution in [0.15, 0.2) is 48.5 Å². The van der Waals surface area contributed by atoms with E-state index < -0.39 is 0 Å². The number of nitrogens with one attached hydrogen (secondary N) is 1. The van der Waals surface area contributed by atoms with Gasteiger partial charge < -0.3 is 5.32 Å². The topological polar surface area (TPSA) is 29.1 Å². The highest BCUT2D eigenvalue weighted by molar-refractivity contribution is 7.99. The fourth-order valence-corrected chi connectivity index (χ4v) is 2.67. The molecule has 0 atom stereocenters. The second kappa shape index (κ2) is 7.36. The molecule has 2 rings (SSSR count). The number of benzene rings is 2. The molecule has 0 unspecified atom stereocenters. The highest BCUT2D eigenvalue weighted by atomic mass is 35.5. The molecule has 104 valence electrons. The zero-order valence-electron chi connectivity index (χ0n) is 11.2. The van der Waals surface area contributed by atoms with Gasteiger partial charge in [-0.3, -0.25) is 4.79 Å². The van der Waals surface area contributed by atoms with Crippen molar-refractivity contribution in [3.63, 3.8) is 0 Å². The van der Waals surface area contributed by atoms with Gasteiger partial charge in [-0.1, -0.05) is 48.0 Å². The number of rotatable bonds is 5. The molecule has 0 aliphatic heterocycles. The van der Waals surface area contributed by atoms with E-state index in [-0.39, 0.29) is 5.91 Å². The Balaban J connectivity index is 1.79. The third-order valence-corrected chi connectivity index (χ3v) is 4.21. The van der Waals surface area contributed by atoms with Gasteiger partial charge in [0.1, 0.15) is 0 Å². The van der Waals surface area contributed by atoms with E-state index in [9.17, 15) is 4.79 Å². The largest absolute Gasteiger partial charge is 0.325 e. The number of hydrogen-bond acceptors (Lipinski definition) is 2. The Hall–Kier alpha value is -1.45. The van der Waals surface area contributed by atoms with Crippen molar-refractivity contribution in [1.29, 1.82) is 0 Å². The van der Waals surface area contributed by atoms with Gasteiger partial charge in [0.25, 0.3) is 0 Å². The molecular formula is C16H16ClNOS. The van der Waals surface area contributed by atoms with Gasteiger partial charge in [-0.05, 0) is 30.2 Å². The molecule has 0 saturated heterocycles. The lowest BCUT2D eigenvalue weighted by atomic mass is 10.2. The van der Waals surface area contributed by atoms with E-state index in [1.54, 1.807) is 17.8 Å². The first-order chi connectivity index (χ1) is 9.65. The van der Waals surface area contributed by atoms with Crippen LogP contribution in [0.5, 0.6) is 0 Å². The van der Waals surface area contributed by atoms with Crippen LogP contribution < -0.4 is 5.32 Å². The molecule has 2 aromatic rings. The summed E-state index contributed by atoms with van der Waals surface area (Å²) in [6, 6.07) is 15.7. The van der Waals surface area contributed by atoms with Crippen molar-refractivity contribution in [2.75, 3.05) is 11.1 Å². The first-order valence-corrected chi connectivity index (χ1v) is 7.86. The lowest BCUT2D eigenvalue weighted by Gasteiger charge is -2.07. The van der Waals surface area contributed by atoms with E-state index in [4.69, 9.17) is 11.6 Å². The van der Waals surface area contributed by atoms with Crippen molar-refractivity contribution in [3.8, 4) is 0 Å².